The molecule has 0 radical (unpaired) electrons. The number of hydrogen-bond donors (Lipinski definition) is 0. The molecule has 2 nitrogen and oxygen atoms in total. The van der Waals surface area contributed by atoms with Crippen LogP contribution in [0.4, 0.5) is 0 Å². The molecule has 0 unspecified atom stereocenters. The zero-order valence-electron chi connectivity index (χ0n) is 10.6. The Kier molecular flexibility index (Phi) is 4.37. The van der Waals surface area contributed by atoms with Crippen molar-refractivity contribution in [1.29, 1.82) is 0 Å². The fourth-order valence-corrected chi connectivity index (χ4v) is 2.22. The van der Waals surface area contributed by atoms with Crippen LogP contribution in [0.2, 0.25) is 0 Å². The van der Waals surface area contributed by atoms with Crippen LogP contribution in [0.15, 0.2) is 36.4 Å². The van der Waals surface area contributed by atoms with Crippen molar-refractivity contribution >= 4 is 15.9 Å². The van der Waals surface area contributed by atoms with Gasteiger partial charge in [0.05, 0.1) is 5.69 Å². The number of nitrogens with zero attached hydrogens (tertiary/aromatic N) is 1. The monoisotopic (exact) mass is 305 g/mol. The van der Waals surface area contributed by atoms with Gasteiger partial charge >= 0.3 is 0 Å². The maximum atomic E-state index is 5.83. The predicted molar refractivity (Wildman–Crippen MR) is 77.1 cm³/mol. The molecule has 94 valence electrons. The number of halogens is 1. The van der Waals surface area contributed by atoms with E-state index in [1.807, 2.05) is 31.2 Å². The number of benzene rings is 1. The number of pyridine rings is 1. The lowest BCUT2D eigenvalue weighted by Crippen LogP contribution is -2.01. The minimum absolute atomic E-state index is 0.505. The second-order valence-corrected chi connectivity index (χ2v) is 4.86. The molecule has 1 aromatic heterocycles. The summed E-state index contributed by atoms with van der Waals surface area (Å²) in [5.41, 5.74) is 4.38. The van der Waals surface area contributed by atoms with Crippen LogP contribution in [-0.2, 0) is 11.9 Å². The van der Waals surface area contributed by atoms with Crippen molar-refractivity contribution in [1.82, 2.24) is 4.98 Å². The molecule has 0 saturated carbocycles. The second-order valence-electron chi connectivity index (χ2n) is 4.30. The zero-order chi connectivity index (χ0) is 13.0. The van der Waals surface area contributed by atoms with E-state index in [-0.39, 0.29) is 0 Å². The fraction of sp³-hybridized carbons (Fsp3) is 0.267. The minimum atomic E-state index is 0.505. The van der Waals surface area contributed by atoms with Crippen molar-refractivity contribution in [2.24, 2.45) is 0 Å². The van der Waals surface area contributed by atoms with Crippen molar-refractivity contribution in [2.45, 2.75) is 25.8 Å². The van der Waals surface area contributed by atoms with Crippen molar-refractivity contribution in [2.75, 3.05) is 0 Å². The van der Waals surface area contributed by atoms with Crippen LogP contribution < -0.4 is 4.74 Å². The van der Waals surface area contributed by atoms with Gasteiger partial charge in [0.15, 0.2) is 0 Å². The van der Waals surface area contributed by atoms with E-state index in [1.54, 1.807) is 0 Å². The lowest BCUT2D eigenvalue weighted by Gasteiger charge is -2.10. The summed E-state index contributed by atoms with van der Waals surface area (Å²) in [6.07, 6.45) is 0. The molecule has 1 heterocycles. The van der Waals surface area contributed by atoms with E-state index in [0.717, 1.165) is 22.5 Å². The number of hydrogen-bond acceptors (Lipinski definition) is 2. The first kappa shape index (κ1) is 13.1. The predicted octanol–water partition coefficient (Wildman–Crippen LogP) is 4.17. The van der Waals surface area contributed by atoms with E-state index in [0.29, 0.717) is 6.61 Å². The summed E-state index contributed by atoms with van der Waals surface area (Å²) in [4.78, 5) is 4.42. The highest BCUT2D eigenvalue weighted by Gasteiger charge is 2.04. The lowest BCUT2D eigenvalue weighted by molar-refractivity contribution is 0.299. The molecular formula is C15H16BrNO. The van der Waals surface area contributed by atoms with Gasteiger partial charge in [0.1, 0.15) is 12.4 Å². The van der Waals surface area contributed by atoms with E-state index >= 15 is 0 Å². The molecular weight excluding hydrogens is 290 g/mol. The SMILES string of the molecule is Cc1ccc(OCc2cccc(C)n2)c(CBr)c1. The van der Waals surface area contributed by atoms with Crippen LogP contribution in [0.25, 0.3) is 0 Å². The number of aromatic nitrogens is 1. The molecule has 18 heavy (non-hydrogen) atoms. The van der Waals surface area contributed by atoms with Gasteiger partial charge in [0, 0.05) is 16.6 Å². The normalized spacial score (nSPS) is 10.4. The Bertz CT molecular complexity index is 540. The molecule has 0 aliphatic carbocycles. The minimum Gasteiger partial charge on any atom is -0.487 e. The van der Waals surface area contributed by atoms with Crippen LogP contribution in [0.3, 0.4) is 0 Å². The summed E-state index contributed by atoms with van der Waals surface area (Å²) in [5.74, 6) is 0.917. The maximum absolute atomic E-state index is 5.83. The Morgan fingerprint density at radius 1 is 1.17 bits per heavy atom. The van der Waals surface area contributed by atoms with Crippen molar-refractivity contribution in [3.8, 4) is 5.75 Å². The third-order valence-electron chi connectivity index (χ3n) is 2.68. The molecule has 0 aliphatic heterocycles. The molecule has 0 saturated heterocycles. The topological polar surface area (TPSA) is 22.1 Å². The summed E-state index contributed by atoms with van der Waals surface area (Å²) in [6.45, 7) is 4.57. The number of rotatable bonds is 4. The van der Waals surface area contributed by atoms with Gasteiger partial charge in [-0.15, -0.1) is 0 Å². The highest BCUT2D eigenvalue weighted by Crippen LogP contribution is 2.23. The van der Waals surface area contributed by atoms with Crippen molar-refractivity contribution in [3.63, 3.8) is 0 Å². The fourth-order valence-electron chi connectivity index (χ4n) is 1.79. The molecule has 0 aliphatic rings. The first-order chi connectivity index (χ1) is 8.69. The first-order valence-electron chi connectivity index (χ1n) is 5.90. The highest BCUT2D eigenvalue weighted by molar-refractivity contribution is 9.08. The standard InChI is InChI=1S/C15H16BrNO/c1-11-6-7-15(13(8-11)9-16)18-10-14-5-3-4-12(2)17-14/h3-8H,9-10H2,1-2H3. The molecule has 0 N–H and O–H groups in total. The van der Waals surface area contributed by atoms with Crippen LogP contribution >= 0.6 is 15.9 Å². The van der Waals surface area contributed by atoms with Gasteiger partial charge in [-0.05, 0) is 32.0 Å². The van der Waals surface area contributed by atoms with Gasteiger partial charge in [0.2, 0.25) is 0 Å². The molecule has 0 spiro atoms. The van der Waals surface area contributed by atoms with Crippen molar-refractivity contribution < 1.29 is 4.74 Å². The molecule has 0 bridgehead atoms. The Morgan fingerprint density at radius 3 is 2.72 bits per heavy atom. The molecule has 1 aromatic carbocycles. The van der Waals surface area contributed by atoms with Crippen LogP contribution in [0, 0.1) is 13.8 Å². The largest absolute Gasteiger partial charge is 0.487 e. The van der Waals surface area contributed by atoms with E-state index in [1.165, 1.54) is 11.1 Å². The van der Waals surface area contributed by atoms with Gasteiger partial charge < -0.3 is 4.74 Å². The summed E-state index contributed by atoms with van der Waals surface area (Å²) in [5, 5.41) is 0.797. The van der Waals surface area contributed by atoms with E-state index in [9.17, 15) is 0 Å². The zero-order valence-corrected chi connectivity index (χ0v) is 12.2. The van der Waals surface area contributed by atoms with Gasteiger partial charge in [-0.25, -0.2) is 0 Å². The van der Waals surface area contributed by atoms with Gasteiger partial charge in [-0.1, -0.05) is 39.7 Å². The quantitative estimate of drug-likeness (QED) is 0.791. The smallest absolute Gasteiger partial charge is 0.130 e. The van der Waals surface area contributed by atoms with E-state index < -0.39 is 0 Å². The Morgan fingerprint density at radius 2 is 2.00 bits per heavy atom. The maximum Gasteiger partial charge on any atom is 0.130 e. The molecule has 2 rings (SSSR count). The first-order valence-corrected chi connectivity index (χ1v) is 7.02. The number of ether oxygens (including phenoxy) is 1. The average Bonchev–Trinajstić information content (AvgIpc) is 2.37. The molecule has 0 fully saturated rings. The van der Waals surface area contributed by atoms with E-state index in [2.05, 4.69) is 40.0 Å². The Hall–Kier alpha value is -1.35. The van der Waals surface area contributed by atoms with E-state index in [4.69, 9.17) is 4.74 Å². The van der Waals surface area contributed by atoms with Crippen LogP contribution in [-0.4, -0.2) is 4.98 Å². The van der Waals surface area contributed by atoms with Gasteiger partial charge in [-0.2, -0.15) is 0 Å². The molecule has 0 atom stereocenters. The number of alkyl halides is 1. The molecule has 0 amide bonds. The third-order valence-corrected chi connectivity index (χ3v) is 3.29. The third kappa shape index (κ3) is 3.33. The second kappa shape index (κ2) is 6.01. The van der Waals surface area contributed by atoms with Crippen LogP contribution in [0.5, 0.6) is 5.75 Å². The average molecular weight is 306 g/mol. The van der Waals surface area contributed by atoms with Crippen molar-refractivity contribution in [3.05, 3.63) is 58.9 Å². The highest BCUT2D eigenvalue weighted by atomic mass is 79.9. The lowest BCUT2D eigenvalue weighted by atomic mass is 10.1. The Balaban J connectivity index is 2.10. The summed E-state index contributed by atoms with van der Waals surface area (Å²) < 4.78 is 5.83. The molecule has 3 heteroatoms. The summed E-state index contributed by atoms with van der Waals surface area (Å²) in [6, 6.07) is 12.2. The Labute approximate surface area is 116 Å². The van der Waals surface area contributed by atoms with Crippen LogP contribution in [0.1, 0.15) is 22.5 Å². The van der Waals surface area contributed by atoms with Gasteiger partial charge in [-0.3, -0.25) is 4.98 Å². The van der Waals surface area contributed by atoms with Gasteiger partial charge in [0.25, 0.3) is 0 Å². The molecule has 2 aromatic rings. The number of aryl methyl sites for hydroxylation is 2. The summed E-state index contributed by atoms with van der Waals surface area (Å²) in [7, 11) is 0. The summed E-state index contributed by atoms with van der Waals surface area (Å²) >= 11 is 3.48.